The summed E-state index contributed by atoms with van der Waals surface area (Å²) in [4.78, 5) is 2.30. The van der Waals surface area contributed by atoms with E-state index in [-0.39, 0.29) is 4.90 Å². The van der Waals surface area contributed by atoms with Crippen LogP contribution in [0.4, 0.5) is 0 Å². The van der Waals surface area contributed by atoms with Gasteiger partial charge in [-0.25, -0.2) is 8.42 Å². The molecule has 1 rings (SSSR count). The van der Waals surface area contributed by atoms with Crippen molar-refractivity contribution in [2.24, 2.45) is 5.73 Å². The fourth-order valence-electron chi connectivity index (χ4n) is 2.01. The van der Waals surface area contributed by atoms with Crippen LogP contribution in [0, 0.1) is 0 Å². The highest BCUT2D eigenvalue weighted by atomic mass is 32.2. The second-order valence-corrected chi connectivity index (χ2v) is 7.17. The smallest absolute Gasteiger partial charge is 0.246 e. The molecular weight excluding hydrogens is 290 g/mol. The predicted molar refractivity (Wildman–Crippen MR) is 83.5 cm³/mol. The first-order chi connectivity index (χ1) is 9.91. The van der Waals surface area contributed by atoms with Gasteiger partial charge in [0, 0.05) is 25.8 Å². The van der Waals surface area contributed by atoms with E-state index in [2.05, 4.69) is 5.10 Å². The van der Waals surface area contributed by atoms with E-state index in [4.69, 9.17) is 5.73 Å². The number of aromatic nitrogens is 2. The quantitative estimate of drug-likeness (QED) is 0.666. The van der Waals surface area contributed by atoms with Crippen molar-refractivity contribution in [1.29, 1.82) is 0 Å². The predicted octanol–water partition coefficient (Wildman–Crippen LogP) is 0.194. The van der Waals surface area contributed by atoms with E-state index in [1.807, 2.05) is 25.9 Å². The Balaban J connectivity index is 2.74. The average Bonchev–Trinajstić information content (AvgIpc) is 2.90. The summed E-state index contributed by atoms with van der Waals surface area (Å²) in [5, 5.41) is 4.09. The van der Waals surface area contributed by atoms with Gasteiger partial charge in [0.2, 0.25) is 10.0 Å². The second kappa shape index (κ2) is 8.47. The summed E-state index contributed by atoms with van der Waals surface area (Å²) in [6, 6.07) is 0. The van der Waals surface area contributed by atoms with Gasteiger partial charge in [0.25, 0.3) is 0 Å². The molecule has 0 atom stereocenters. The maximum absolute atomic E-state index is 12.6. The van der Waals surface area contributed by atoms with Crippen LogP contribution < -0.4 is 5.73 Å². The van der Waals surface area contributed by atoms with Crippen LogP contribution >= 0.6 is 0 Å². The molecule has 0 aromatic carbocycles. The zero-order valence-electron chi connectivity index (χ0n) is 13.2. The number of aryl methyl sites for hydroxylation is 1. The number of rotatable bonds is 10. The molecule has 21 heavy (non-hydrogen) atoms. The average molecular weight is 317 g/mol. The maximum Gasteiger partial charge on any atom is 0.246 e. The van der Waals surface area contributed by atoms with E-state index in [9.17, 15) is 8.42 Å². The summed E-state index contributed by atoms with van der Waals surface area (Å²) in [6.45, 7) is 4.90. The van der Waals surface area contributed by atoms with Gasteiger partial charge in [0.1, 0.15) is 4.90 Å². The van der Waals surface area contributed by atoms with Crippen molar-refractivity contribution >= 4 is 10.0 Å². The first kappa shape index (κ1) is 18.1. The molecule has 1 aromatic heterocycles. The van der Waals surface area contributed by atoms with Crippen molar-refractivity contribution in [3.05, 3.63) is 12.4 Å². The number of hydrogen-bond donors (Lipinski definition) is 1. The van der Waals surface area contributed by atoms with Crippen LogP contribution in [0.25, 0.3) is 0 Å². The molecule has 1 aromatic rings. The molecule has 0 spiro atoms. The van der Waals surface area contributed by atoms with E-state index in [0.29, 0.717) is 26.2 Å². The molecule has 122 valence electrons. The summed E-state index contributed by atoms with van der Waals surface area (Å²) < 4.78 is 28.3. The number of nitrogens with zero attached hydrogens (tertiary/aromatic N) is 4. The van der Waals surface area contributed by atoms with Gasteiger partial charge >= 0.3 is 0 Å². The summed E-state index contributed by atoms with van der Waals surface area (Å²) in [6.07, 6.45) is 4.59. The normalized spacial score (nSPS) is 12.5. The van der Waals surface area contributed by atoms with Gasteiger partial charge in [-0.2, -0.15) is 9.40 Å². The van der Waals surface area contributed by atoms with Gasteiger partial charge in [-0.1, -0.05) is 6.92 Å². The zero-order chi connectivity index (χ0) is 15.9. The van der Waals surface area contributed by atoms with Crippen LogP contribution in [0.15, 0.2) is 17.3 Å². The lowest BCUT2D eigenvalue weighted by Gasteiger charge is -2.20. The minimum atomic E-state index is -3.45. The molecule has 0 aliphatic heterocycles. The number of hydrogen-bond acceptors (Lipinski definition) is 5. The molecule has 1 heterocycles. The third-order valence-electron chi connectivity index (χ3n) is 3.20. The van der Waals surface area contributed by atoms with Crippen LogP contribution in [0.5, 0.6) is 0 Å². The molecule has 0 fully saturated rings. The fourth-order valence-corrected chi connectivity index (χ4v) is 3.46. The fraction of sp³-hybridized carbons (Fsp3) is 0.769. The molecule has 0 bridgehead atoms. The summed E-state index contributed by atoms with van der Waals surface area (Å²) in [5.74, 6) is 0. The van der Waals surface area contributed by atoms with Gasteiger partial charge in [-0.05, 0) is 40.0 Å². The standard InChI is InChI=1S/C13H27N5O2S/c1-4-18(10-6-8-16(2)3)21(19,20)13-11-15-17(12-13)9-5-7-14/h11-12H,4-10,14H2,1-3H3. The Hall–Kier alpha value is -0.960. The lowest BCUT2D eigenvalue weighted by molar-refractivity contribution is 0.356. The highest BCUT2D eigenvalue weighted by molar-refractivity contribution is 7.89. The van der Waals surface area contributed by atoms with Gasteiger partial charge in [-0.15, -0.1) is 0 Å². The van der Waals surface area contributed by atoms with Crippen molar-refractivity contribution in [1.82, 2.24) is 19.0 Å². The Morgan fingerprint density at radius 2 is 2.00 bits per heavy atom. The molecule has 0 aliphatic carbocycles. The van der Waals surface area contributed by atoms with Crippen molar-refractivity contribution in [3.8, 4) is 0 Å². The van der Waals surface area contributed by atoms with Gasteiger partial charge in [-0.3, -0.25) is 4.68 Å². The lowest BCUT2D eigenvalue weighted by Crippen LogP contribution is -2.33. The van der Waals surface area contributed by atoms with Crippen LogP contribution in [0.1, 0.15) is 19.8 Å². The van der Waals surface area contributed by atoms with Crippen molar-refractivity contribution < 1.29 is 8.42 Å². The first-order valence-electron chi connectivity index (χ1n) is 7.29. The van der Waals surface area contributed by atoms with E-state index in [1.165, 1.54) is 10.5 Å². The number of sulfonamides is 1. The zero-order valence-corrected chi connectivity index (χ0v) is 14.0. The molecule has 7 nitrogen and oxygen atoms in total. The first-order valence-corrected chi connectivity index (χ1v) is 8.73. The lowest BCUT2D eigenvalue weighted by atomic mass is 10.4. The number of nitrogens with two attached hydrogens (primary N) is 1. The molecular formula is C13H27N5O2S. The van der Waals surface area contributed by atoms with Crippen LogP contribution in [0.2, 0.25) is 0 Å². The maximum atomic E-state index is 12.6. The van der Waals surface area contributed by atoms with Crippen LogP contribution in [-0.2, 0) is 16.6 Å². The summed E-state index contributed by atoms with van der Waals surface area (Å²) in [5.41, 5.74) is 5.45. The third-order valence-corrected chi connectivity index (χ3v) is 5.13. The minimum absolute atomic E-state index is 0.256. The molecule has 0 radical (unpaired) electrons. The molecule has 8 heteroatoms. The highest BCUT2D eigenvalue weighted by Crippen LogP contribution is 2.15. The van der Waals surface area contributed by atoms with E-state index in [0.717, 1.165) is 19.4 Å². The van der Waals surface area contributed by atoms with E-state index in [1.54, 1.807) is 10.9 Å². The topological polar surface area (TPSA) is 84.5 Å². The van der Waals surface area contributed by atoms with Crippen molar-refractivity contribution in [3.63, 3.8) is 0 Å². The summed E-state index contributed by atoms with van der Waals surface area (Å²) >= 11 is 0. The highest BCUT2D eigenvalue weighted by Gasteiger charge is 2.24. The van der Waals surface area contributed by atoms with Crippen LogP contribution in [-0.4, -0.2) is 67.7 Å². The largest absolute Gasteiger partial charge is 0.330 e. The Labute approximate surface area is 127 Å². The Kier molecular flexibility index (Phi) is 7.30. The molecule has 0 unspecified atom stereocenters. The van der Waals surface area contributed by atoms with E-state index >= 15 is 0 Å². The van der Waals surface area contributed by atoms with Gasteiger partial charge < -0.3 is 10.6 Å². The van der Waals surface area contributed by atoms with Crippen LogP contribution in [0.3, 0.4) is 0 Å². The van der Waals surface area contributed by atoms with Crippen molar-refractivity contribution in [2.75, 3.05) is 40.3 Å². The Morgan fingerprint density at radius 3 is 2.57 bits per heavy atom. The molecule has 2 N–H and O–H groups in total. The van der Waals surface area contributed by atoms with E-state index < -0.39 is 10.0 Å². The molecule has 0 aliphatic rings. The molecule has 0 saturated heterocycles. The SMILES string of the molecule is CCN(CCCN(C)C)S(=O)(=O)c1cnn(CCCN)c1. The summed E-state index contributed by atoms with van der Waals surface area (Å²) in [7, 11) is 0.504. The monoisotopic (exact) mass is 317 g/mol. The van der Waals surface area contributed by atoms with Gasteiger partial charge in [0.15, 0.2) is 0 Å². The molecule has 0 saturated carbocycles. The third kappa shape index (κ3) is 5.39. The Bertz CT molecular complexity index is 512. The minimum Gasteiger partial charge on any atom is -0.330 e. The van der Waals surface area contributed by atoms with Gasteiger partial charge in [0.05, 0.1) is 6.20 Å². The van der Waals surface area contributed by atoms with Crippen molar-refractivity contribution in [2.45, 2.75) is 31.2 Å². The Morgan fingerprint density at radius 1 is 1.29 bits per heavy atom. The second-order valence-electron chi connectivity index (χ2n) is 5.23. The molecule has 0 amide bonds.